The van der Waals surface area contributed by atoms with Crippen molar-refractivity contribution in [1.82, 2.24) is 0 Å². The normalized spacial score (nSPS) is 19.2. The number of nitrogens with zero attached hydrogens (tertiary/aromatic N) is 2. The van der Waals surface area contributed by atoms with Gasteiger partial charge in [-0.05, 0) is 49.9 Å². The number of carboxylic acids is 1. The Labute approximate surface area is 256 Å². The standard InChI is InChI=1S/C25H32F2N2O2.C4H10O2.C2H4O2.C2H6/c1-4-30-20-6-7-21(26)23(14-20)29-12-10-24(18(3)16-29)31-25-8-5-19(13-22(25)27)28-11-9-17(2)15-28;1-6-4-2-3-5;1-2(3)4;1-2/h5-8,13-14,17-18,24H,4,9-12,15-16H2,1-3H3;5H,2-4H2,1H3;1H3,(H,3,4);1-2H3. The van der Waals surface area contributed by atoms with Crippen LogP contribution < -0.4 is 19.3 Å². The van der Waals surface area contributed by atoms with Gasteiger partial charge in [-0.1, -0.05) is 27.7 Å². The fraction of sp³-hybridized carbons (Fsp3) is 0.606. The molecular weight excluding hydrogens is 558 g/mol. The Morgan fingerprint density at radius 3 is 2.19 bits per heavy atom. The minimum Gasteiger partial charge on any atom is -0.494 e. The number of rotatable bonds is 9. The summed E-state index contributed by atoms with van der Waals surface area (Å²) < 4.78 is 45.4. The number of ether oxygens (including phenoxy) is 3. The monoisotopic (exact) mass is 610 g/mol. The third-order valence-corrected chi connectivity index (χ3v) is 6.89. The van der Waals surface area contributed by atoms with Crippen molar-refractivity contribution in [1.29, 1.82) is 0 Å². The van der Waals surface area contributed by atoms with Gasteiger partial charge in [0.1, 0.15) is 17.7 Å². The Balaban J connectivity index is 0.000000660. The second-order valence-corrected chi connectivity index (χ2v) is 10.5. The van der Waals surface area contributed by atoms with E-state index in [0.29, 0.717) is 55.8 Å². The Morgan fingerprint density at radius 2 is 1.67 bits per heavy atom. The quantitative estimate of drug-likeness (QED) is 0.306. The number of hydrogen-bond acceptors (Lipinski definition) is 7. The maximum absolute atomic E-state index is 14.8. The maximum Gasteiger partial charge on any atom is 0.300 e. The largest absolute Gasteiger partial charge is 0.494 e. The molecule has 2 aromatic rings. The third-order valence-electron chi connectivity index (χ3n) is 6.89. The lowest BCUT2D eigenvalue weighted by Crippen LogP contribution is -2.44. The average Bonchev–Trinajstić information content (AvgIpc) is 3.42. The van der Waals surface area contributed by atoms with Crippen LogP contribution in [0.5, 0.6) is 11.5 Å². The maximum atomic E-state index is 14.8. The molecule has 2 aliphatic rings. The van der Waals surface area contributed by atoms with Crippen LogP contribution in [-0.4, -0.2) is 75.4 Å². The van der Waals surface area contributed by atoms with Gasteiger partial charge < -0.3 is 34.2 Å². The van der Waals surface area contributed by atoms with E-state index in [0.717, 1.165) is 38.5 Å². The molecule has 244 valence electrons. The molecule has 2 aromatic carbocycles. The fourth-order valence-electron chi connectivity index (χ4n) is 4.83. The average molecular weight is 611 g/mol. The van der Waals surface area contributed by atoms with E-state index in [9.17, 15) is 8.78 Å². The van der Waals surface area contributed by atoms with Crippen molar-refractivity contribution in [2.45, 2.75) is 66.9 Å². The van der Waals surface area contributed by atoms with Gasteiger partial charge in [0, 0.05) is 83.6 Å². The van der Waals surface area contributed by atoms with Gasteiger partial charge in [-0.15, -0.1) is 0 Å². The van der Waals surface area contributed by atoms with E-state index >= 15 is 0 Å². The van der Waals surface area contributed by atoms with Crippen LogP contribution in [0.25, 0.3) is 0 Å². The third kappa shape index (κ3) is 13.4. The summed E-state index contributed by atoms with van der Waals surface area (Å²) in [6.45, 7) is 15.9. The molecule has 0 aromatic heterocycles. The first kappa shape index (κ1) is 37.9. The number of piperidine rings is 1. The van der Waals surface area contributed by atoms with E-state index in [2.05, 4.69) is 23.5 Å². The summed E-state index contributed by atoms with van der Waals surface area (Å²) in [5.41, 5.74) is 1.47. The second kappa shape index (κ2) is 20.7. The summed E-state index contributed by atoms with van der Waals surface area (Å²) in [6, 6.07) is 10.1. The van der Waals surface area contributed by atoms with Crippen molar-refractivity contribution in [2.24, 2.45) is 11.8 Å². The van der Waals surface area contributed by atoms with Gasteiger partial charge in [-0.2, -0.15) is 0 Å². The molecule has 8 nitrogen and oxygen atoms in total. The van der Waals surface area contributed by atoms with E-state index in [1.807, 2.05) is 31.7 Å². The predicted octanol–water partition coefficient (Wildman–Crippen LogP) is 6.64. The molecule has 3 atom stereocenters. The molecule has 2 aliphatic heterocycles. The van der Waals surface area contributed by atoms with Crippen LogP contribution in [0.15, 0.2) is 36.4 Å². The number of anilines is 2. The van der Waals surface area contributed by atoms with Crippen LogP contribution in [0.3, 0.4) is 0 Å². The van der Waals surface area contributed by atoms with Crippen LogP contribution in [0, 0.1) is 23.5 Å². The summed E-state index contributed by atoms with van der Waals surface area (Å²) >= 11 is 0. The van der Waals surface area contributed by atoms with Crippen molar-refractivity contribution in [3.8, 4) is 11.5 Å². The van der Waals surface area contributed by atoms with E-state index in [-0.39, 0.29) is 30.3 Å². The summed E-state index contributed by atoms with van der Waals surface area (Å²) in [4.78, 5) is 13.2. The smallest absolute Gasteiger partial charge is 0.300 e. The summed E-state index contributed by atoms with van der Waals surface area (Å²) in [5.74, 6) is 0.326. The first-order chi connectivity index (χ1) is 20.6. The van der Waals surface area contributed by atoms with E-state index in [4.69, 9.17) is 24.5 Å². The molecule has 2 N–H and O–H groups in total. The number of methoxy groups -OCH3 is 1. The molecular formula is C33H52F2N2O6. The number of aliphatic hydroxyl groups is 1. The molecule has 43 heavy (non-hydrogen) atoms. The Bertz CT molecular complexity index is 1070. The number of aliphatic carboxylic acids is 1. The Hall–Kier alpha value is -3.11. The molecule has 2 heterocycles. The number of hydrogen-bond donors (Lipinski definition) is 2. The second-order valence-electron chi connectivity index (χ2n) is 10.5. The Kier molecular flexibility index (Phi) is 18.3. The van der Waals surface area contributed by atoms with Crippen molar-refractivity contribution in [2.75, 3.05) is 62.9 Å². The number of benzene rings is 2. The lowest BCUT2D eigenvalue weighted by molar-refractivity contribution is -0.134. The lowest BCUT2D eigenvalue weighted by atomic mass is 9.95. The van der Waals surface area contributed by atoms with E-state index in [1.165, 1.54) is 6.07 Å². The zero-order chi connectivity index (χ0) is 32.4. The topological polar surface area (TPSA) is 91.7 Å². The minimum atomic E-state index is -0.833. The molecule has 0 radical (unpaired) electrons. The molecule has 4 rings (SSSR count). The van der Waals surface area contributed by atoms with Crippen LogP contribution >= 0.6 is 0 Å². The van der Waals surface area contributed by atoms with Crippen molar-refractivity contribution in [3.05, 3.63) is 48.0 Å². The highest BCUT2D eigenvalue weighted by Gasteiger charge is 2.30. The number of aliphatic hydroxyl groups excluding tert-OH is 1. The summed E-state index contributed by atoms with van der Waals surface area (Å²) in [5, 5.41) is 15.5. The van der Waals surface area contributed by atoms with Crippen LogP contribution in [0.4, 0.5) is 20.2 Å². The molecule has 2 saturated heterocycles. The van der Waals surface area contributed by atoms with Gasteiger partial charge in [-0.25, -0.2) is 8.78 Å². The lowest BCUT2D eigenvalue weighted by Gasteiger charge is -2.38. The predicted molar refractivity (Wildman–Crippen MR) is 169 cm³/mol. The molecule has 0 saturated carbocycles. The van der Waals surface area contributed by atoms with Gasteiger partial charge in [-0.3, -0.25) is 4.79 Å². The molecule has 0 bridgehead atoms. The van der Waals surface area contributed by atoms with Gasteiger partial charge in [0.2, 0.25) is 0 Å². The SMILES string of the molecule is CC.CC(=O)O.CCOc1ccc(F)c(N2CCC(Oc3ccc(N4CCC(C)C4)cc3F)C(C)C2)c1.COCCCO. The molecule has 0 aliphatic carbocycles. The van der Waals surface area contributed by atoms with Gasteiger partial charge in [0.05, 0.1) is 12.3 Å². The van der Waals surface area contributed by atoms with Gasteiger partial charge in [0.25, 0.3) is 5.97 Å². The highest BCUT2D eigenvalue weighted by atomic mass is 19.1. The first-order valence-electron chi connectivity index (χ1n) is 15.3. The number of halogens is 2. The highest BCUT2D eigenvalue weighted by molar-refractivity contribution is 5.63. The first-order valence-corrected chi connectivity index (χ1v) is 15.3. The van der Waals surface area contributed by atoms with Gasteiger partial charge in [0.15, 0.2) is 11.6 Å². The summed E-state index contributed by atoms with van der Waals surface area (Å²) in [6.07, 6.45) is 2.48. The van der Waals surface area contributed by atoms with Crippen molar-refractivity contribution < 1.29 is 38.0 Å². The van der Waals surface area contributed by atoms with Crippen LogP contribution in [0.2, 0.25) is 0 Å². The molecule has 3 unspecified atom stereocenters. The van der Waals surface area contributed by atoms with Crippen LogP contribution in [0.1, 0.15) is 60.8 Å². The fourth-order valence-corrected chi connectivity index (χ4v) is 4.83. The van der Waals surface area contributed by atoms with E-state index in [1.54, 1.807) is 31.4 Å². The van der Waals surface area contributed by atoms with Crippen LogP contribution in [-0.2, 0) is 9.53 Å². The van der Waals surface area contributed by atoms with Gasteiger partial charge >= 0.3 is 0 Å². The van der Waals surface area contributed by atoms with Crippen molar-refractivity contribution in [3.63, 3.8) is 0 Å². The zero-order valence-electron chi connectivity index (χ0n) is 26.9. The number of carboxylic acid groups (broad SMARTS) is 1. The zero-order valence-corrected chi connectivity index (χ0v) is 26.9. The molecule has 10 heteroatoms. The molecule has 2 fully saturated rings. The van der Waals surface area contributed by atoms with E-state index < -0.39 is 5.97 Å². The van der Waals surface area contributed by atoms with Crippen molar-refractivity contribution >= 4 is 17.3 Å². The number of carbonyl (C=O) groups is 1. The summed E-state index contributed by atoms with van der Waals surface area (Å²) in [7, 11) is 1.62. The molecule has 0 spiro atoms. The Morgan fingerprint density at radius 1 is 1.00 bits per heavy atom. The molecule has 0 amide bonds. The minimum absolute atomic E-state index is 0.110. The highest BCUT2D eigenvalue weighted by Crippen LogP contribution is 2.33.